The van der Waals surface area contributed by atoms with Gasteiger partial charge in [0.2, 0.25) is 0 Å². The van der Waals surface area contributed by atoms with Gasteiger partial charge in [0.25, 0.3) is 0 Å². The Labute approximate surface area is 98.5 Å². The van der Waals surface area contributed by atoms with E-state index in [1.54, 1.807) is 0 Å². The fourth-order valence-electron chi connectivity index (χ4n) is 1.74. The Balaban J connectivity index is 2.29. The molecule has 0 atom stereocenters. The molecule has 0 saturated heterocycles. The first kappa shape index (κ1) is 12.7. The fraction of sp³-hybridized carbons (Fsp3) is 0.500. The van der Waals surface area contributed by atoms with Crippen LogP contribution in [-0.4, -0.2) is 25.0 Å². The third kappa shape index (κ3) is 4.46. The highest BCUT2D eigenvalue weighted by atomic mass is 15.1. The summed E-state index contributed by atoms with van der Waals surface area (Å²) in [5.41, 5.74) is 2.79. The average Bonchev–Trinajstić information content (AvgIpc) is 2.28. The number of hydrogen-bond acceptors (Lipinski definition) is 2. The van der Waals surface area contributed by atoms with Crippen molar-refractivity contribution < 1.29 is 0 Å². The van der Waals surface area contributed by atoms with Crippen molar-refractivity contribution in [3.63, 3.8) is 0 Å². The number of benzene rings is 1. The van der Waals surface area contributed by atoms with Gasteiger partial charge in [-0.05, 0) is 44.5 Å². The Morgan fingerprint density at radius 1 is 1.25 bits per heavy atom. The van der Waals surface area contributed by atoms with Gasteiger partial charge in [0, 0.05) is 13.0 Å². The zero-order chi connectivity index (χ0) is 11.8. The van der Waals surface area contributed by atoms with Crippen LogP contribution in [0, 0.1) is 18.3 Å². The van der Waals surface area contributed by atoms with Gasteiger partial charge in [-0.1, -0.05) is 24.3 Å². The highest BCUT2D eigenvalue weighted by molar-refractivity contribution is 5.25. The molecule has 2 nitrogen and oxygen atoms in total. The molecule has 1 aromatic rings. The van der Waals surface area contributed by atoms with Crippen LogP contribution in [0.5, 0.6) is 0 Å². The van der Waals surface area contributed by atoms with Crippen LogP contribution in [0.15, 0.2) is 24.3 Å². The molecule has 0 amide bonds. The second-order valence-corrected chi connectivity index (χ2v) is 4.24. The maximum absolute atomic E-state index is 8.45. The number of nitriles is 1. The summed E-state index contributed by atoms with van der Waals surface area (Å²) in [5, 5.41) is 8.45. The maximum atomic E-state index is 8.45. The molecule has 0 fully saturated rings. The molecule has 0 N–H and O–H groups in total. The molecule has 2 heteroatoms. The Kier molecular flexibility index (Phi) is 5.60. The molecule has 0 bridgehead atoms. The summed E-state index contributed by atoms with van der Waals surface area (Å²) in [4.78, 5) is 2.30. The monoisotopic (exact) mass is 216 g/mol. The lowest BCUT2D eigenvalue weighted by Gasteiger charge is -2.16. The summed E-state index contributed by atoms with van der Waals surface area (Å²) >= 11 is 0. The lowest BCUT2D eigenvalue weighted by molar-refractivity contribution is 0.335. The molecule has 0 heterocycles. The molecule has 0 spiro atoms. The lowest BCUT2D eigenvalue weighted by Crippen LogP contribution is -2.22. The second-order valence-electron chi connectivity index (χ2n) is 4.24. The van der Waals surface area contributed by atoms with Gasteiger partial charge in [-0.3, -0.25) is 0 Å². The van der Waals surface area contributed by atoms with E-state index in [0.717, 1.165) is 25.9 Å². The van der Waals surface area contributed by atoms with E-state index in [-0.39, 0.29) is 0 Å². The topological polar surface area (TPSA) is 27.0 Å². The quantitative estimate of drug-likeness (QED) is 0.684. The molecule has 0 aliphatic heterocycles. The largest absolute Gasteiger partial charge is 0.306 e. The van der Waals surface area contributed by atoms with Crippen molar-refractivity contribution in [2.45, 2.75) is 26.2 Å². The molecule has 0 aliphatic rings. The summed E-state index contributed by atoms with van der Waals surface area (Å²) < 4.78 is 0. The van der Waals surface area contributed by atoms with E-state index >= 15 is 0 Å². The van der Waals surface area contributed by atoms with Crippen LogP contribution in [0.1, 0.15) is 24.0 Å². The summed E-state index contributed by atoms with van der Waals surface area (Å²) in [6.07, 6.45) is 2.73. The van der Waals surface area contributed by atoms with Crippen molar-refractivity contribution in [2.75, 3.05) is 20.1 Å². The van der Waals surface area contributed by atoms with Gasteiger partial charge < -0.3 is 4.90 Å². The van der Waals surface area contributed by atoms with Crippen LogP contribution < -0.4 is 0 Å². The molecule has 0 aromatic heterocycles. The van der Waals surface area contributed by atoms with Gasteiger partial charge in [0.05, 0.1) is 6.07 Å². The molecule has 0 saturated carbocycles. The first-order chi connectivity index (χ1) is 7.74. The number of aryl methyl sites for hydroxylation is 1. The SMILES string of the molecule is Cc1ccccc1CCN(C)CCCC#N. The van der Waals surface area contributed by atoms with E-state index < -0.39 is 0 Å². The van der Waals surface area contributed by atoms with E-state index in [1.165, 1.54) is 11.1 Å². The first-order valence-corrected chi connectivity index (χ1v) is 5.84. The number of nitrogens with zero attached hydrogens (tertiary/aromatic N) is 2. The van der Waals surface area contributed by atoms with Crippen LogP contribution in [0.2, 0.25) is 0 Å². The average molecular weight is 216 g/mol. The molecule has 0 unspecified atom stereocenters. The highest BCUT2D eigenvalue weighted by Gasteiger charge is 2.01. The predicted octanol–water partition coefficient (Wildman–Crippen LogP) is 2.77. The van der Waals surface area contributed by atoms with E-state index in [4.69, 9.17) is 5.26 Å². The second kappa shape index (κ2) is 7.03. The normalized spacial score (nSPS) is 10.4. The van der Waals surface area contributed by atoms with Crippen molar-refractivity contribution in [3.8, 4) is 6.07 Å². The van der Waals surface area contributed by atoms with Gasteiger partial charge >= 0.3 is 0 Å². The third-order valence-electron chi connectivity index (χ3n) is 2.85. The summed E-state index contributed by atoms with van der Waals surface area (Å²) in [6, 6.07) is 10.7. The van der Waals surface area contributed by atoms with E-state index in [9.17, 15) is 0 Å². The van der Waals surface area contributed by atoms with Crippen molar-refractivity contribution in [3.05, 3.63) is 35.4 Å². The number of unbranched alkanes of at least 4 members (excludes halogenated alkanes) is 1. The minimum absolute atomic E-state index is 0.661. The Morgan fingerprint density at radius 2 is 2.00 bits per heavy atom. The van der Waals surface area contributed by atoms with Gasteiger partial charge in [-0.25, -0.2) is 0 Å². The minimum atomic E-state index is 0.661. The molecule has 86 valence electrons. The Hall–Kier alpha value is -1.33. The van der Waals surface area contributed by atoms with Gasteiger partial charge in [0.1, 0.15) is 0 Å². The maximum Gasteiger partial charge on any atom is 0.0622 e. The van der Waals surface area contributed by atoms with Crippen LogP contribution in [0.4, 0.5) is 0 Å². The molecular formula is C14H20N2. The van der Waals surface area contributed by atoms with Gasteiger partial charge in [-0.15, -0.1) is 0 Å². The zero-order valence-corrected chi connectivity index (χ0v) is 10.2. The lowest BCUT2D eigenvalue weighted by atomic mass is 10.1. The van der Waals surface area contributed by atoms with E-state index in [1.807, 2.05) is 0 Å². The zero-order valence-electron chi connectivity index (χ0n) is 10.2. The van der Waals surface area contributed by atoms with E-state index in [2.05, 4.69) is 49.2 Å². The smallest absolute Gasteiger partial charge is 0.0622 e. The molecular weight excluding hydrogens is 196 g/mol. The number of rotatable bonds is 6. The van der Waals surface area contributed by atoms with Crippen molar-refractivity contribution >= 4 is 0 Å². The fourth-order valence-corrected chi connectivity index (χ4v) is 1.74. The van der Waals surface area contributed by atoms with Crippen LogP contribution in [0.3, 0.4) is 0 Å². The molecule has 1 aromatic carbocycles. The minimum Gasteiger partial charge on any atom is -0.306 e. The van der Waals surface area contributed by atoms with Crippen molar-refractivity contribution in [1.29, 1.82) is 5.26 Å². The van der Waals surface area contributed by atoms with Crippen LogP contribution in [0.25, 0.3) is 0 Å². The first-order valence-electron chi connectivity index (χ1n) is 5.84. The third-order valence-corrected chi connectivity index (χ3v) is 2.85. The highest BCUT2D eigenvalue weighted by Crippen LogP contribution is 2.08. The number of hydrogen-bond donors (Lipinski definition) is 0. The predicted molar refractivity (Wildman–Crippen MR) is 67.2 cm³/mol. The van der Waals surface area contributed by atoms with E-state index in [0.29, 0.717) is 6.42 Å². The molecule has 0 aliphatic carbocycles. The summed E-state index contributed by atoms with van der Waals surface area (Å²) in [7, 11) is 2.12. The molecule has 1 rings (SSSR count). The van der Waals surface area contributed by atoms with Gasteiger partial charge in [0.15, 0.2) is 0 Å². The van der Waals surface area contributed by atoms with Crippen molar-refractivity contribution in [1.82, 2.24) is 4.90 Å². The van der Waals surface area contributed by atoms with Crippen LogP contribution >= 0.6 is 0 Å². The standard InChI is InChI=1S/C14H20N2/c1-13-7-3-4-8-14(13)9-12-16(2)11-6-5-10-15/h3-4,7-8H,5-6,9,11-12H2,1-2H3. The molecule has 0 radical (unpaired) electrons. The molecule has 16 heavy (non-hydrogen) atoms. The van der Waals surface area contributed by atoms with Crippen molar-refractivity contribution in [2.24, 2.45) is 0 Å². The van der Waals surface area contributed by atoms with Gasteiger partial charge in [-0.2, -0.15) is 5.26 Å². The Morgan fingerprint density at radius 3 is 2.69 bits per heavy atom. The number of likely N-dealkylation sites (N-methyl/N-ethyl adjacent to an activating group) is 1. The summed E-state index contributed by atoms with van der Waals surface area (Å²) in [6.45, 7) is 4.24. The van der Waals surface area contributed by atoms with Crippen LogP contribution in [-0.2, 0) is 6.42 Å². The Bertz CT molecular complexity index is 352. The summed E-state index contributed by atoms with van der Waals surface area (Å²) in [5.74, 6) is 0.